The molecule has 3 rings (SSSR count). The number of anilines is 1. The van der Waals surface area contributed by atoms with Crippen molar-refractivity contribution in [2.45, 2.75) is 30.2 Å². The van der Waals surface area contributed by atoms with Crippen LogP contribution in [0.25, 0.3) is 0 Å². The van der Waals surface area contributed by atoms with Crippen LogP contribution in [-0.4, -0.2) is 55.7 Å². The van der Waals surface area contributed by atoms with Crippen molar-refractivity contribution in [2.24, 2.45) is 5.92 Å². The Balaban J connectivity index is 1.62. The summed E-state index contributed by atoms with van der Waals surface area (Å²) in [6.45, 7) is 2.08. The average Bonchev–Trinajstić information content (AvgIpc) is 3.03. The van der Waals surface area contributed by atoms with Crippen LogP contribution >= 0.6 is 11.8 Å². The van der Waals surface area contributed by atoms with Crippen molar-refractivity contribution in [1.82, 2.24) is 10.2 Å². The zero-order valence-electron chi connectivity index (χ0n) is 14.3. The largest absolute Gasteiger partial charge is 0.342 e. The van der Waals surface area contributed by atoms with Crippen LogP contribution in [-0.2, 0) is 9.59 Å². The normalized spacial score (nSPS) is 22.2. The summed E-state index contributed by atoms with van der Waals surface area (Å²) in [5, 5.41) is 3.28. The number of likely N-dealkylation sites (tertiary alicyclic amines) is 1. The summed E-state index contributed by atoms with van der Waals surface area (Å²) in [4.78, 5) is 30.0. The van der Waals surface area contributed by atoms with Crippen molar-refractivity contribution >= 4 is 29.3 Å². The fraction of sp³-hybridized carbons (Fsp3) is 0.556. The van der Waals surface area contributed by atoms with Crippen LogP contribution in [0.5, 0.6) is 0 Å². The lowest BCUT2D eigenvalue weighted by molar-refractivity contribution is -0.136. The second-order valence-electron chi connectivity index (χ2n) is 6.49. The highest BCUT2D eigenvalue weighted by Gasteiger charge is 2.37. The Kier molecular flexibility index (Phi) is 5.46. The molecule has 1 aromatic rings. The summed E-state index contributed by atoms with van der Waals surface area (Å²) in [5.74, 6) is -0.0136. The molecule has 1 aromatic carbocycles. The van der Waals surface area contributed by atoms with Gasteiger partial charge in [-0.15, -0.1) is 11.8 Å². The van der Waals surface area contributed by atoms with Crippen molar-refractivity contribution in [3.05, 3.63) is 24.3 Å². The number of nitrogens with one attached hydrogen (secondary N) is 1. The lowest BCUT2D eigenvalue weighted by Gasteiger charge is -2.33. The second kappa shape index (κ2) is 7.57. The number of carbonyl (C=O) groups excluding carboxylic acids is 2. The molecule has 2 saturated heterocycles. The Morgan fingerprint density at radius 3 is 2.46 bits per heavy atom. The Morgan fingerprint density at radius 1 is 1.21 bits per heavy atom. The van der Waals surface area contributed by atoms with E-state index in [2.05, 4.69) is 5.32 Å². The molecule has 1 unspecified atom stereocenters. The summed E-state index contributed by atoms with van der Waals surface area (Å²) in [6.07, 6.45) is 4.34. The molecule has 6 heteroatoms. The first kappa shape index (κ1) is 17.3. The van der Waals surface area contributed by atoms with Crippen LogP contribution < -0.4 is 10.2 Å². The molecule has 1 atom stereocenters. The van der Waals surface area contributed by atoms with Crippen LogP contribution in [0.15, 0.2) is 29.2 Å². The minimum atomic E-state index is -0.205. The molecule has 24 heavy (non-hydrogen) atoms. The number of hydrogen-bond donors (Lipinski definition) is 1. The molecule has 2 fully saturated rings. The first-order valence-corrected chi connectivity index (χ1v) is 9.75. The first-order valence-electron chi connectivity index (χ1n) is 8.53. The van der Waals surface area contributed by atoms with Gasteiger partial charge in [0, 0.05) is 42.7 Å². The van der Waals surface area contributed by atoms with Gasteiger partial charge in [0.1, 0.15) is 0 Å². The molecule has 0 spiro atoms. The number of piperidine rings is 1. The summed E-state index contributed by atoms with van der Waals surface area (Å²) in [5.41, 5.74) is 0.891. The lowest BCUT2D eigenvalue weighted by Crippen LogP contribution is -2.46. The minimum Gasteiger partial charge on any atom is -0.342 e. The Hall–Kier alpha value is -1.53. The molecular weight excluding hydrogens is 322 g/mol. The van der Waals surface area contributed by atoms with E-state index >= 15 is 0 Å². The Labute approximate surface area is 147 Å². The van der Waals surface area contributed by atoms with Crippen molar-refractivity contribution in [3.63, 3.8) is 0 Å². The molecule has 0 saturated carbocycles. The number of rotatable bonds is 4. The monoisotopic (exact) mass is 347 g/mol. The fourth-order valence-corrected chi connectivity index (χ4v) is 3.94. The molecule has 2 heterocycles. The third-order valence-electron chi connectivity index (χ3n) is 5.07. The smallest absolute Gasteiger partial charge is 0.228 e. The maximum Gasteiger partial charge on any atom is 0.228 e. The predicted molar refractivity (Wildman–Crippen MR) is 97.3 cm³/mol. The maximum atomic E-state index is 12.7. The highest BCUT2D eigenvalue weighted by molar-refractivity contribution is 7.98. The number of amides is 2. The van der Waals surface area contributed by atoms with Gasteiger partial charge >= 0.3 is 0 Å². The lowest BCUT2D eigenvalue weighted by atomic mass is 10.0. The predicted octanol–water partition coefficient (Wildman–Crippen LogP) is 1.97. The molecule has 2 amide bonds. The van der Waals surface area contributed by atoms with Crippen LogP contribution in [0.4, 0.5) is 5.69 Å². The van der Waals surface area contributed by atoms with Crippen molar-refractivity contribution in [3.8, 4) is 0 Å². The van der Waals surface area contributed by atoms with Crippen molar-refractivity contribution in [1.29, 1.82) is 0 Å². The highest BCUT2D eigenvalue weighted by atomic mass is 32.2. The van der Waals surface area contributed by atoms with E-state index in [1.54, 1.807) is 16.7 Å². The van der Waals surface area contributed by atoms with Crippen LogP contribution in [0.3, 0.4) is 0 Å². The molecule has 0 aliphatic carbocycles. The topological polar surface area (TPSA) is 52.7 Å². The molecule has 5 nitrogen and oxygen atoms in total. The van der Waals surface area contributed by atoms with E-state index in [-0.39, 0.29) is 17.7 Å². The zero-order valence-corrected chi connectivity index (χ0v) is 15.1. The number of nitrogens with zero attached hydrogens (tertiary/aromatic N) is 2. The summed E-state index contributed by atoms with van der Waals surface area (Å²) < 4.78 is 0. The van der Waals surface area contributed by atoms with E-state index < -0.39 is 0 Å². The van der Waals surface area contributed by atoms with E-state index in [1.165, 1.54) is 4.90 Å². The van der Waals surface area contributed by atoms with Gasteiger partial charge in [-0.2, -0.15) is 0 Å². The summed E-state index contributed by atoms with van der Waals surface area (Å²) in [6, 6.07) is 8.48. The van der Waals surface area contributed by atoms with Crippen molar-refractivity contribution < 1.29 is 9.59 Å². The van der Waals surface area contributed by atoms with E-state index in [0.717, 1.165) is 31.6 Å². The molecular formula is C18H25N3O2S. The molecule has 2 aliphatic rings. The van der Waals surface area contributed by atoms with Gasteiger partial charge in [0.25, 0.3) is 0 Å². The van der Waals surface area contributed by atoms with Gasteiger partial charge in [-0.1, -0.05) is 0 Å². The summed E-state index contributed by atoms with van der Waals surface area (Å²) in [7, 11) is 1.97. The van der Waals surface area contributed by atoms with E-state index in [4.69, 9.17) is 0 Å². The minimum absolute atomic E-state index is 0.0513. The van der Waals surface area contributed by atoms with Gasteiger partial charge in [0.15, 0.2) is 0 Å². The van der Waals surface area contributed by atoms with Crippen molar-refractivity contribution in [2.75, 3.05) is 37.8 Å². The molecule has 1 N–H and O–H groups in total. The third kappa shape index (κ3) is 3.59. The third-order valence-corrected chi connectivity index (χ3v) is 5.82. The SMILES string of the molecule is CNC1CCN(C(=O)C2CC(=O)N(c3ccc(SC)cc3)C2)CC1. The number of benzene rings is 1. The molecule has 0 radical (unpaired) electrons. The Morgan fingerprint density at radius 2 is 1.88 bits per heavy atom. The van der Waals surface area contributed by atoms with Gasteiger partial charge < -0.3 is 15.1 Å². The standard InChI is InChI=1S/C18H25N3O2S/c1-19-14-7-9-20(10-8-14)18(23)13-11-17(22)21(12-13)15-3-5-16(24-2)6-4-15/h3-6,13-14,19H,7-12H2,1-2H3. The maximum absolute atomic E-state index is 12.7. The Bertz CT molecular complexity index is 597. The van der Waals surface area contributed by atoms with Crippen LogP contribution in [0.1, 0.15) is 19.3 Å². The molecule has 0 aromatic heterocycles. The van der Waals surface area contributed by atoms with E-state index in [0.29, 0.717) is 19.0 Å². The fourth-order valence-electron chi connectivity index (χ4n) is 3.53. The van der Waals surface area contributed by atoms with Crippen LogP contribution in [0, 0.1) is 5.92 Å². The number of carbonyl (C=O) groups is 2. The van der Waals surface area contributed by atoms with Gasteiger partial charge in [0.2, 0.25) is 11.8 Å². The molecule has 130 valence electrons. The van der Waals surface area contributed by atoms with Gasteiger partial charge in [-0.05, 0) is 50.4 Å². The number of thioether (sulfide) groups is 1. The highest BCUT2D eigenvalue weighted by Crippen LogP contribution is 2.28. The molecule has 2 aliphatic heterocycles. The quantitative estimate of drug-likeness (QED) is 0.846. The molecule has 0 bridgehead atoms. The van der Waals surface area contributed by atoms with E-state index in [1.807, 2.05) is 42.5 Å². The van der Waals surface area contributed by atoms with Crippen LogP contribution in [0.2, 0.25) is 0 Å². The average molecular weight is 347 g/mol. The van der Waals surface area contributed by atoms with E-state index in [9.17, 15) is 9.59 Å². The number of hydrogen-bond acceptors (Lipinski definition) is 4. The first-order chi connectivity index (χ1) is 11.6. The summed E-state index contributed by atoms with van der Waals surface area (Å²) >= 11 is 1.68. The van der Waals surface area contributed by atoms with Gasteiger partial charge in [-0.25, -0.2) is 0 Å². The zero-order chi connectivity index (χ0) is 17.1. The van der Waals surface area contributed by atoms with Gasteiger partial charge in [-0.3, -0.25) is 9.59 Å². The second-order valence-corrected chi connectivity index (χ2v) is 7.37. The van der Waals surface area contributed by atoms with Gasteiger partial charge in [0.05, 0.1) is 5.92 Å².